The molecule has 3 aromatic heterocycles. The van der Waals surface area contributed by atoms with E-state index in [2.05, 4.69) is 15.3 Å². The fourth-order valence-electron chi connectivity index (χ4n) is 3.56. The minimum Gasteiger partial charge on any atom is -0.448 e. The van der Waals surface area contributed by atoms with E-state index in [9.17, 15) is 4.79 Å². The first kappa shape index (κ1) is 17.2. The number of benzene rings is 1. The molecule has 142 valence electrons. The maximum atomic E-state index is 13.2. The van der Waals surface area contributed by atoms with Gasteiger partial charge in [-0.3, -0.25) is 4.79 Å². The van der Waals surface area contributed by atoms with E-state index in [0.29, 0.717) is 24.6 Å². The topological polar surface area (TPSA) is 76.2 Å². The monoisotopic (exact) mass is 393 g/mol. The number of nitrogens with zero attached hydrogens (tertiary/aromatic N) is 4. The highest BCUT2D eigenvalue weighted by atomic mass is 32.1. The normalized spacial score (nSPS) is 17.3. The van der Waals surface area contributed by atoms with Crippen molar-refractivity contribution in [2.45, 2.75) is 6.04 Å². The van der Waals surface area contributed by atoms with Crippen LogP contribution in [0.5, 0.6) is 0 Å². The van der Waals surface area contributed by atoms with Gasteiger partial charge in [-0.2, -0.15) is 0 Å². The predicted molar refractivity (Wildman–Crippen MR) is 107 cm³/mol. The van der Waals surface area contributed by atoms with Gasteiger partial charge in [0, 0.05) is 39.1 Å². The van der Waals surface area contributed by atoms with Gasteiger partial charge in [-0.15, -0.1) is 11.3 Å². The molecule has 0 spiro atoms. The number of para-hydroxylation sites is 1. The molecule has 4 aromatic rings. The molecule has 1 aromatic carbocycles. The van der Waals surface area contributed by atoms with E-state index in [-0.39, 0.29) is 11.9 Å². The van der Waals surface area contributed by atoms with Gasteiger partial charge in [-0.25, -0.2) is 9.97 Å². The third-order valence-corrected chi connectivity index (χ3v) is 6.03. The van der Waals surface area contributed by atoms with Gasteiger partial charge < -0.3 is 19.2 Å². The highest BCUT2D eigenvalue weighted by Gasteiger charge is 2.32. The molecule has 1 aliphatic heterocycles. The number of furan rings is 1. The quantitative estimate of drug-likeness (QED) is 0.579. The summed E-state index contributed by atoms with van der Waals surface area (Å²) in [5, 5.41) is 4.13. The van der Waals surface area contributed by atoms with Crippen molar-refractivity contribution in [3.8, 4) is 10.8 Å². The number of carbonyl (C=O) groups is 1. The van der Waals surface area contributed by atoms with Gasteiger partial charge >= 0.3 is 0 Å². The lowest BCUT2D eigenvalue weighted by molar-refractivity contribution is 0.0589. The van der Waals surface area contributed by atoms with Crippen LogP contribution in [0.4, 0.5) is 0 Å². The van der Waals surface area contributed by atoms with Crippen LogP contribution >= 0.6 is 11.3 Å². The molecular formula is C20H19N5O2S. The number of thiazole rings is 1. The second kappa shape index (κ2) is 6.88. The summed E-state index contributed by atoms with van der Waals surface area (Å²) in [5.74, 6) is 1.68. The van der Waals surface area contributed by atoms with Crippen molar-refractivity contribution < 1.29 is 9.21 Å². The maximum Gasteiger partial charge on any atom is 0.290 e. The number of imidazole rings is 1. The highest BCUT2D eigenvalue weighted by molar-refractivity contribution is 7.21. The van der Waals surface area contributed by atoms with Gasteiger partial charge in [0.15, 0.2) is 16.5 Å². The third-order valence-electron chi connectivity index (χ3n) is 4.98. The Morgan fingerprint density at radius 3 is 3.00 bits per heavy atom. The fourth-order valence-corrected chi connectivity index (χ4v) is 4.49. The number of carbonyl (C=O) groups excluding carboxylic acids is 1. The molecule has 1 aliphatic rings. The van der Waals surface area contributed by atoms with Crippen LogP contribution < -0.4 is 5.32 Å². The molecule has 0 saturated carbocycles. The largest absolute Gasteiger partial charge is 0.448 e. The molecule has 0 bridgehead atoms. The summed E-state index contributed by atoms with van der Waals surface area (Å²) >= 11 is 1.56. The van der Waals surface area contributed by atoms with Crippen LogP contribution in [0.2, 0.25) is 0 Å². The molecule has 1 N–H and O–H groups in total. The first-order chi connectivity index (χ1) is 13.7. The molecule has 7 nitrogen and oxygen atoms in total. The molecule has 0 aliphatic carbocycles. The number of nitrogens with one attached hydrogen (secondary N) is 1. The summed E-state index contributed by atoms with van der Waals surface area (Å²) < 4.78 is 8.97. The van der Waals surface area contributed by atoms with Gasteiger partial charge in [-0.05, 0) is 24.3 Å². The molecular weight excluding hydrogens is 374 g/mol. The summed E-state index contributed by atoms with van der Waals surface area (Å²) in [6.45, 7) is 2.02. The van der Waals surface area contributed by atoms with Gasteiger partial charge in [0.25, 0.3) is 5.91 Å². The van der Waals surface area contributed by atoms with Crippen molar-refractivity contribution >= 4 is 27.5 Å². The van der Waals surface area contributed by atoms with Crippen LogP contribution in [0.25, 0.3) is 21.0 Å². The van der Waals surface area contributed by atoms with E-state index in [1.807, 2.05) is 53.0 Å². The zero-order valence-corrected chi connectivity index (χ0v) is 16.1. The van der Waals surface area contributed by atoms with E-state index in [4.69, 9.17) is 4.42 Å². The van der Waals surface area contributed by atoms with Gasteiger partial charge in [0.1, 0.15) is 11.9 Å². The Labute approximate surface area is 165 Å². The number of amides is 1. The van der Waals surface area contributed by atoms with Crippen molar-refractivity contribution in [1.82, 2.24) is 24.8 Å². The summed E-state index contributed by atoms with van der Waals surface area (Å²) in [7, 11) is 1.94. The smallest absolute Gasteiger partial charge is 0.290 e. The van der Waals surface area contributed by atoms with Gasteiger partial charge in [0.2, 0.25) is 0 Å². The van der Waals surface area contributed by atoms with Crippen molar-refractivity contribution in [3.63, 3.8) is 0 Å². The minimum atomic E-state index is -0.128. The molecule has 4 heterocycles. The standard InChI is InChI=1S/C20H19N5O2S/c1-24-10-9-22-18(24)14-12-21-8-11-25(14)20(26)16-7-6-15(27-16)19-23-13-4-2-3-5-17(13)28-19/h2-7,9-10,14,21H,8,11-12H2,1H3. The summed E-state index contributed by atoms with van der Waals surface area (Å²) in [4.78, 5) is 24.1. The van der Waals surface area contributed by atoms with E-state index >= 15 is 0 Å². The van der Waals surface area contributed by atoms with Crippen molar-refractivity contribution in [1.29, 1.82) is 0 Å². The molecule has 1 amide bonds. The molecule has 1 unspecified atom stereocenters. The zero-order valence-electron chi connectivity index (χ0n) is 15.3. The Morgan fingerprint density at radius 2 is 2.18 bits per heavy atom. The van der Waals surface area contributed by atoms with Crippen LogP contribution in [0, 0.1) is 0 Å². The first-order valence-electron chi connectivity index (χ1n) is 9.15. The Morgan fingerprint density at radius 1 is 1.29 bits per heavy atom. The van der Waals surface area contributed by atoms with E-state index in [1.165, 1.54) is 0 Å². The number of piperazine rings is 1. The third kappa shape index (κ3) is 2.90. The molecule has 0 radical (unpaired) electrons. The van der Waals surface area contributed by atoms with Crippen LogP contribution in [0.15, 0.2) is 53.2 Å². The molecule has 1 saturated heterocycles. The van der Waals surface area contributed by atoms with Crippen molar-refractivity contribution in [3.05, 3.63) is 60.4 Å². The van der Waals surface area contributed by atoms with E-state index in [1.54, 1.807) is 23.6 Å². The number of rotatable bonds is 3. The Kier molecular flexibility index (Phi) is 4.22. The number of aromatic nitrogens is 3. The fraction of sp³-hybridized carbons (Fsp3) is 0.250. The van der Waals surface area contributed by atoms with Crippen molar-refractivity contribution in [2.75, 3.05) is 19.6 Å². The van der Waals surface area contributed by atoms with Gasteiger partial charge in [0.05, 0.1) is 10.2 Å². The van der Waals surface area contributed by atoms with E-state index < -0.39 is 0 Å². The number of hydrogen-bond acceptors (Lipinski definition) is 6. The lowest BCUT2D eigenvalue weighted by Crippen LogP contribution is -2.49. The number of fused-ring (bicyclic) bond motifs is 1. The predicted octanol–water partition coefficient (Wildman–Crippen LogP) is 3.08. The number of hydrogen-bond donors (Lipinski definition) is 1. The lowest BCUT2D eigenvalue weighted by atomic mass is 10.1. The van der Waals surface area contributed by atoms with Gasteiger partial charge in [-0.1, -0.05) is 12.1 Å². The Bertz CT molecular complexity index is 1110. The van der Waals surface area contributed by atoms with Crippen LogP contribution in [0.1, 0.15) is 22.4 Å². The highest BCUT2D eigenvalue weighted by Crippen LogP contribution is 2.32. The van der Waals surface area contributed by atoms with Crippen LogP contribution in [-0.2, 0) is 7.05 Å². The molecule has 5 rings (SSSR count). The molecule has 8 heteroatoms. The second-order valence-electron chi connectivity index (χ2n) is 6.77. The summed E-state index contributed by atoms with van der Waals surface area (Å²) in [6, 6.07) is 11.4. The Balaban J connectivity index is 1.44. The first-order valence-corrected chi connectivity index (χ1v) is 9.97. The van der Waals surface area contributed by atoms with Crippen molar-refractivity contribution in [2.24, 2.45) is 7.05 Å². The average molecular weight is 393 g/mol. The maximum absolute atomic E-state index is 13.2. The lowest BCUT2D eigenvalue weighted by Gasteiger charge is -2.35. The zero-order chi connectivity index (χ0) is 19.1. The summed E-state index contributed by atoms with van der Waals surface area (Å²) in [5.41, 5.74) is 0.934. The minimum absolute atomic E-state index is 0.123. The second-order valence-corrected chi connectivity index (χ2v) is 7.80. The average Bonchev–Trinajstić information content (AvgIpc) is 3.46. The van der Waals surface area contributed by atoms with E-state index in [0.717, 1.165) is 27.6 Å². The number of aryl methyl sites for hydroxylation is 1. The Hall–Kier alpha value is -2.97. The molecule has 1 atom stereocenters. The van der Waals surface area contributed by atoms with Crippen LogP contribution in [0.3, 0.4) is 0 Å². The molecule has 1 fully saturated rings. The SMILES string of the molecule is Cn1ccnc1C1CNCCN1C(=O)c1ccc(-c2nc3ccccc3s2)o1. The van der Waals surface area contributed by atoms with Crippen LogP contribution in [-0.4, -0.2) is 45.0 Å². The summed E-state index contributed by atoms with van der Waals surface area (Å²) in [6.07, 6.45) is 3.65. The molecule has 28 heavy (non-hydrogen) atoms.